The molecule has 1 aromatic carbocycles. The van der Waals surface area contributed by atoms with Crippen molar-refractivity contribution in [3.8, 4) is 5.75 Å². The first-order valence-electron chi connectivity index (χ1n) is 10.4. The van der Waals surface area contributed by atoms with Gasteiger partial charge in [0, 0.05) is 45.0 Å². The van der Waals surface area contributed by atoms with Gasteiger partial charge >= 0.3 is 6.03 Å². The fourth-order valence-electron chi connectivity index (χ4n) is 3.46. The van der Waals surface area contributed by atoms with E-state index in [0.717, 1.165) is 6.54 Å². The number of methoxy groups -OCH3 is 1. The lowest BCUT2D eigenvalue weighted by Crippen LogP contribution is -2.45. The number of rotatable bonds is 3. The summed E-state index contributed by atoms with van der Waals surface area (Å²) in [6.45, 7) is 9.75. The highest BCUT2D eigenvalue weighted by molar-refractivity contribution is 5.99. The Morgan fingerprint density at radius 1 is 1.23 bits per heavy atom. The summed E-state index contributed by atoms with van der Waals surface area (Å²) in [5.74, 6) is 0.572. The molecule has 2 rings (SSSR count). The summed E-state index contributed by atoms with van der Waals surface area (Å²) in [6, 6.07) is 5.01. The third kappa shape index (κ3) is 6.34. The van der Waals surface area contributed by atoms with E-state index in [0.29, 0.717) is 30.2 Å². The number of hydrogen-bond donors (Lipinski definition) is 2. The van der Waals surface area contributed by atoms with Gasteiger partial charge in [-0.1, -0.05) is 6.92 Å². The molecule has 0 unspecified atom stereocenters. The molecular weight excluding hydrogens is 384 g/mol. The minimum atomic E-state index is -0.316. The van der Waals surface area contributed by atoms with E-state index in [4.69, 9.17) is 9.47 Å². The topological polar surface area (TPSA) is 83.1 Å². The van der Waals surface area contributed by atoms with E-state index in [1.54, 1.807) is 37.3 Å². The number of nitrogens with zero attached hydrogens (tertiary/aromatic N) is 2. The van der Waals surface area contributed by atoms with Gasteiger partial charge in [0.05, 0.1) is 11.7 Å². The van der Waals surface area contributed by atoms with Crippen LogP contribution >= 0.6 is 0 Å². The summed E-state index contributed by atoms with van der Waals surface area (Å²) in [7, 11) is 5.51. The fourth-order valence-corrected chi connectivity index (χ4v) is 3.46. The summed E-state index contributed by atoms with van der Waals surface area (Å²) in [4.78, 5) is 29.2. The standard InChI is InChI=1S/C22H36N4O4/c1-14(2)23-22(28)24-17-8-9-19-18(10-17)21(27)26(6)12-20(29-7)15(3)11-25(5)16(4)13-30-19/h8-10,14-16,20H,11-13H2,1-7H3,(H2,23,24,28)/t15-,16+,20+/m1/s1. The van der Waals surface area contributed by atoms with Crippen molar-refractivity contribution in [2.45, 2.75) is 45.9 Å². The third-order valence-corrected chi connectivity index (χ3v) is 5.43. The lowest BCUT2D eigenvalue weighted by Gasteiger charge is -2.34. The number of nitrogens with one attached hydrogen (secondary N) is 2. The lowest BCUT2D eigenvalue weighted by atomic mass is 10.0. The fraction of sp³-hybridized carbons (Fsp3) is 0.636. The predicted octanol–water partition coefficient (Wildman–Crippen LogP) is 2.65. The molecule has 2 N–H and O–H groups in total. The van der Waals surface area contributed by atoms with Gasteiger partial charge in [-0.05, 0) is 51.9 Å². The van der Waals surface area contributed by atoms with Crippen molar-refractivity contribution in [3.63, 3.8) is 0 Å². The Kier molecular flexibility index (Phi) is 8.49. The lowest BCUT2D eigenvalue weighted by molar-refractivity contribution is 0.0150. The number of ether oxygens (including phenoxy) is 2. The molecule has 0 fully saturated rings. The minimum absolute atomic E-state index is 0.0110. The van der Waals surface area contributed by atoms with Gasteiger partial charge in [0.2, 0.25) is 0 Å². The zero-order valence-corrected chi connectivity index (χ0v) is 19.2. The SMILES string of the molecule is CO[C@H]1CN(C)C(=O)c2cc(NC(=O)NC(C)C)ccc2OC[C@H](C)N(C)C[C@H]1C. The van der Waals surface area contributed by atoms with Crippen molar-refractivity contribution in [3.05, 3.63) is 23.8 Å². The van der Waals surface area contributed by atoms with Crippen LogP contribution in [0.25, 0.3) is 0 Å². The molecule has 8 nitrogen and oxygen atoms in total. The van der Waals surface area contributed by atoms with Crippen LogP contribution in [0.2, 0.25) is 0 Å². The molecule has 1 aliphatic heterocycles. The maximum Gasteiger partial charge on any atom is 0.319 e. The van der Waals surface area contributed by atoms with Gasteiger partial charge in [0.15, 0.2) is 0 Å². The third-order valence-electron chi connectivity index (χ3n) is 5.43. The van der Waals surface area contributed by atoms with E-state index < -0.39 is 0 Å². The van der Waals surface area contributed by atoms with Gasteiger partial charge in [-0.15, -0.1) is 0 Å². The Morgan fingerprint density at radius 2 is 1.93 bits per heavy atom. The van der Waals surface area contributed by atoms with E-state index in [2.05, 4.69) is 36.4 Å². The zero-order valence-electron chi connectivity index (χ0n) is 19.2. The van der Waals surface area contributed by atoms with Crippen LogP contribution in [0.1, 0.15) is 38.1 Å². The first-order valence-corrected chi connectivity index (χ1v) is 10.4. The molecule has 0 aliphatic carbocycles. The molecule has 0 saturated heterocycles. The van der Waals surface area contributed by atoms with Crippen LogP contribution in [-0.2, 0) is 4.74 Å². The quantitative estimate of drug-likeness (QED) is 0.786. The highest BCUT2D eigenvalue weighted by Crippen LogP contribution is 2.26. The number of benzene rings is 1. The number of carbonyl (C=O) groups is 2. The first-order chi connectivity index (χ1) is 14.1. The number of urea groups is 1. The van der Waals surface area contributed by atoms with Crippen LogP contribution in [-0.4, -0.2) is 80.8 Å². The average molecular weight is 421 g/mol. The number of hydrogen-bond acceptors (Lipinski definition) is 5. The number of carbonyl (C=O) groups excluding carboxylic acids is 2. The second kappa shape index (κ2) is 10.6. The zero-order chi connectivity index (χ0) is 22.4. The van der Waals surface area contributed by atoms with Crippen molar-refractivity contribution in [1.29, 1.82) is 0 Å². The van der Waals surface area contributed by atoms with E-state index in [1.807, 2.05) is 13.8 Å². The summed E-state index contributed by atoms with van der Waals surface area (Å²) in [5, 5.41) is 5.56. The predicted molar refractivity (Wildman–Crippen MR) is 118 cm³/mol. The number of anilines is 1. The normalized spacial score (nSPS) is 23.8. The molecule has 1 aliphatic rings. The molecule has 30 heavy (non-hydrogen) atoms. The Hall–Kier alpha value is -2.32. The number of fused-ring (bicyclic) bond motifs is 1. The smallest absolute Gasteiger partial charge is 0.319 e. The molecule has 3 amide bonds. The van der Waals surface area contributed by atoms with Crippen molar-refractivity contribution in [1.82, 2.24) is 15.1 Å². The maximum atomic E-state index is 13.2. The van der Waals surface area contributed by atoms with Crippen LogP contribution in [0, 0.1) is 5.92 Å². The molecular formula is C22H36N4O4. The Balaban J connectivity index is 2.35. The maximum absolute atomic E-state index is 13.2. The van der Waals surface area contributed by atoms with E-state index in [-0.39, 0.29) is 36.0 Å². The molecule has 0 radical (unpaired) electrons. The Morgan fingerprint density at radius 3 is 2.57 bits per heavy atom. The molecule has 0 aromatic heterocycles. The van der Waals surface area contributed by atoms with Crippen molar-refractivity contribution >= 4 is 17.6 Å². The van der Waals surface area contributed by atoms with Crippen LogP contribution in [0.3, 0.4) is 0 Å². The minimum Gasteiger partial charge on any atom is -0.491 e. The Labute approximate surface area is 179 Å². The van der Waals surface area contributed by atoms with E-state index >= 15 is 0 Å². The van der Waals surface area contributed by atoms with Crippen LogP contribution in [0.15, 0.2) is 18.2 Å². The average Bonchev–Trinajstić information content (AvgIpc) is 2.68. The van der Waals surface area contributed by atoms with Crippen molar-refractivity contribution in [2.24, 2.45) is 5.92 Å². The van der Waals surface area contributed by atoms with Crippen LogP contribution in [0.4, 0.5) is 10.5 Å². The van der Waals surface area contributed by atoms with Gasteiger partial charge in [-0.25, -0.2) is 4.79 Å². The first kappa shape index (κ1) is 24.0. The summed E-state index contributed by atoms with van der Waals surface area (Å²) in [5.41, 5.74) is 0.948. The highest BCUT2D eigenvalue weighted by Gasteiger charge is 2.27. The molecule has 3 atom stereocenters. The van der Waals surface area contributed by atoms with Crippen LogP contribution < -0.4 is 15.4 Å². The van der Waals surface area contributed by atoms with Crippen LogP contribution in [0.5, 0.6) is 5.75 Å². The molecule has 8 heteroatoms. The molecule has 0 spiro atoms. The van der Waals surface area contributed by atoms with E-state index in [1.165, 1.54) is 0 Å². The molecule has 0 saturated carbocycles. The van der Waals surface area contributed by atoms with E-state index in [9.17, 15) is 9.59 Å². The largest absolute Gasteiger partial charge is 0.491 e. The molecule has 1 aromatic rings. The van der Waals surface area contributed by atoms with Gasteiger partial charge in [0.1, 0.15) is 12.4 Å². The molecule has 1 heterocycles. The summed E-state index contributed by atoms with van der Waals surface area (Å²) in [6.07, 6.45) is -0.0875. The number of amides is 3. The number of likely N-dealkylation sites (N-methyl/N-ethyl adjacent to an activating group) is 2. The highest BCUT2D eigenvalue weighted by atomic mass is 16.5. The Bertz CT molecular complexity index is 740. The molecule has 168 valence electrons. The summed E-state index contributed by atoms with van der Waals surface area (Å²) < 4.78 is 11.7. The summed E-state index contributed by atoms with van der Waals surface area (Å²) >= 11 is 0. The monoisotopic (exact) mass is 420 g/mol. The van der Waals surface area contributed by atoms with Gasteiger partial charge in [-0.2, -0.15) is 0 Å². The second-order valence-corrected chi connectivity index (χ2v) is 8.50. The van der Waals surface area contributed by atoms with Gasteiger partial charge in [0.25, 0.3) is 5.91 Å². The second-order valence-electron chi connectivity index (χ2n) is 8.50. The molecule has 0 bridgehead atoms. The van der Waals surface area contributed by atoms with Crippen molar-refractivity contribution in [2.75, 3.05) is 46.2 Å². The van der Waals surface area contributed by atoms with Gasteiger partial charge < -0.3 is 25.0 Å². The van der Waals surface area contributed by atoms with Crippen molar-refractivity contribution < 1.29 is 19.1 Å². The van der Waals surface area contributed by atoms with Gasteiger partial charge in [-0.3, -0.25) is 9.69 Å².